The normalized spacial score (nSPS) is 14.1. The van der Waals surface area contributed by atoms with E-state index in [1.54, 1.807) is 48.7 Å². The van der Waals surface area contributed by atoms with Crippen LogP contribution >= 0.6 is 0 Å². The fourth-order valence-corrected chi connectivity index (χ4v) is 8.45. The number of aliphatic hydroxyl groups excluding tert-OH is 4. The Morgan fingerprint density at radius 1 is 0.514 bits per heavy atom. The van der Waals surface area contributed by atoms with Gasteiger partial charge in [-0.1, -0.05) is 114 Å². The highest BCUT2D eigenvalue weighted by molar-refractivity contribution is 5.77. The first-order chi connectivity index (χ1) is 34.8. The van der Waals surface area contributed by atoms with Crippen molar-refractivity contribution in [2.45, 2.75) is 125 Å². The Kier molecular flexibility index (Phi) is 20.8. The second kappa shape index (κ2) is 26.5. The first kappa shape index (κ1) is 58.2. The number of carbonyl (C=O) groups excluding carboxylic acids is 3. The minimum Gasteiger partial charge on any atom is -0.466 e. The number of aromatic nitrogens is 9. The molecule has 5 unspecified atom stereocenters. The Bertz CT molecular complexity index is 2530. The van der Waals surface area contributed by atoms with Crippen LogP contribution in [0.25, 0.3) is 0 Å². The summed E-state index contributed by atoms with van der Waals surface area (Å²) >= 11 is 0. The van der Waals surface area contributed by atoms with Crippen LogP contribution in [-0.2, 0) is 48.2 Å². The summed E-state index contributed by atoms with van der Waals surface area (Å²) in [5, 5.41) is 66.1. The third kappa shape index (κ3) is 15.9. The van der Waals surface area contributed by atoms with Crippen LogP contribution in [0.3, 0.4) is 0 Å². The molecule has 0 aliphatic heterocycles. The molecule has 20 heteroatoms. The highest BCUT2D eigenvalue weighted by Gasteiger charge is 2.38. The van der Waals surface area contributed by atoms with Crippen LogP contribution in [0.2, 0.25) is 0 Å². The van der Waals surface area contributed by atoms with E-state index in [-0.39, 0.29) is 71.7 Å². The van der Waals surface area contributed by atoms with Gasteiger partial charge in [0.1, 0.15) is 25.4 Å². The van der Waals surface area contributed by atoms with Crippen molar-refractivity contribution in [3.63, 3.8) is 0 Å². The molecule has 0 saturated heterocycles. The quantitative estimate of drug-likeness (QED) is 0.0341. The molecule has 0 radical (unpaired) electrons. The van der Waals surface area contributed by atoms with Gasteiger partial charge in [0.2, 0.25) is 0 Å². The summed E-state index contributed by atoms with van der Waals surface area (Å²) in [5.74, 6) is -1.39. The number of esters is 3. The maximum atomic E-state index is 13.4. The molecule has 20 nitrogen and oxygen atoms in total. The zero-order valence-corrected chi connectivity index (χ0v) is 42.8. The van der Waals surface area contributed by atoms with E-state index in [2.05, 4.69) is 35.8 Å². The van der Waals surface area contributed by atoms with Gasteiger partial charge in [-0.05, 0) is 84.4 Å². The minimum absolute atomic E-state index is 0. The molecule has 0 fully saturated rings. The molecule has 0 aliphatic rings. The average molecular weight is 1020 g/mol. The van der Waals surface area contributed by atoms with E-state index < -0.39 is 65.7 Å². The van der Waals surface area contributed by atoms with Crippen LogP contribution in [-0.4, -0.2) is 133 Å². The van der Waals surface area contributed by atoms with E-state index in [9.17, 15) is 34.8 Å². The molecule has 3 aromatic carbocycles. The number of carbonyl (C=O) groups is 3. The van der Waals surface area contributed by atoms with Crippen molar-refractivity contribution in [2.24, 2.45) is 16.2 Å². The molecule has 0 saturated carbocycles. The van der Waals surface area contributed by atoms with Gasteiger partial charge in [0.05, 0.1) is 89.9 Å². The van der Waals surface area contributed by atoms with Gasteiger partial charge in [-0.2, -0.15) is 0 Å². The third-order valence-electron chi connectivity index (χ3n) is 12.6. The predicted octanol–water partition coefficient (Wildman–Crippen LogP) is 5.67. The molecule has 5 atom stereocenters. The first-order valence-corrected chi connectivity index (χ1v) is 24.5. The summed E-state index contributed by atoms with van der Waals surface area (Å²) in [6.45, 7) is 11.8. The maximum absolute atomic E-state index is 13.4. The highest BCUT2D eigenvalue weighted by atomic mass is 16.6. The largest absolute Gasteiger partial charge is 0.466 e. The van der Waals surface area contributed by atoms with E-state index >= 15 is 0 Å². The summed E-state index contributed by atoms with van der Waals surface area (Å²) in [6.07, 6.45) is 4.08. The second-order valence-electron chi connectivity index (χ2n) is 20.3. The summed E-state index contributed by atoms with van der Waals surface area (Å²) in [5.41, 5.74) is 1.60. The third-order valence-corrected chi connectivity index (χ3v) is 12.6. The lowest BCUT2D eigenvalue weighted by Gasteiger charge is -2.28. The van der Waals surface area contributed by atoms with Crippen molar-refractivity contribution >= 4 is 17.9 Å². The van der Waals surface area contributed by atoms with Crippen molar-refractivity contribution in [3.8, 4) is 0 Å². The van der Waals surface area contributed by atoms with Crippen molar-refractivity contribution in [1.29, 1.82) is 0 Å². The molecular weight excluding hydrogens is 949 g/mol. The molecule has 74 heavy (non-hydrogen) atoms. The molecule has 3 aromatic heterocycles. The van der Waals surface area contributed by atoms with Crippen molar-refractivity contribution in [3.05, 3.63) is 143 Å². The van der Waals surface area contributed by atoms with Crippen LogP contribution in [0.5, 0.6) is 0 Å². The molecular formula is C54H74N10O10. The number of ether oxygens (including phenoxy) is 3. The lowest BCUT2D eigenvalue weighted by molar-refractivity contribution is -0.159. The Hall–Kier alpha value is -6.71. The average Bonchev–Trinajstić information content (AvgIpc) is 4.18. The van der Waals surface area contributed by atoms with Crippen molar-refractivity contribution < 1.29 is 49.0 Å². The standard InChI is InChI=1S/C53H70N10O10.CH4/c1-8-71-48(68)51(2,3)24-45(37-18-12-9-13-19-37)61-30-40(54-57-61)27-60(28-41-31-62(58-55-41)46(38-20-14-10-15-21-38)25-52(4,5)49(69)72-35-43(66)33-64)29-42-32-63(59-56-42)47(39-22-16-11-17-23-39)26-53(6,7)50(70)73-36-44(67)34-65;/h9-23,30-32,43-47,64-67H,8,24-29,33-36H2,1-7H3;1H4. The molecule has 0 bridgehead atoms. The van der Waals surface area contributed by atoms with Gasteiger partial charge in [-0.15, -0.1) is 15.3 Å². The van der Waals surface area contributed by atoms with E-state index in [1.165, 1.54) is 0 Å². The van der Waals surface area contributed by atoms with Crippen LogP contribution in [0, 0.1) is 16.2 Å². The zero-order valence-electron chi connectivity index (χ0n) is 42.8. The molecule has 0 amide bonds. The Balaban J connectivity index is 0.0000101. The summed E-state index contributed by atoms with van der Waals surface area (Å²) in [7, 11) is 0. The monoisotopic (exact) mass is 1020 g/mol. The van der Waals surface area contributed by atoms with Crippen LogP contribution in [0.15, 0.2) is 110 Å². The molecule has 4 N–H and O–H groups in total. The number of hydrogen-bond acceptors (Lipinski definition) is 17. The minimum atomic E-state index is -1.19. The van der Waals surface area contributed by atoms with Crippen molar-refractivity contribution in [2.75, 3.05) is 33.0 Å². The topological polar surface area (TPSA) is 255 Å². The van der Waals surface area contributed by atoms with Gasteiger partial charge < -0.3 is 34.6 Å². The van der Waals surface area contributed by atoms with Gasteiger partial charge in [-0.3, -0.25) is 19.3 Å². The summed E-state index contributed by atoms with van der Waals surface area (Å²) < 4.78 is 21.5. The van der Waals surface area contributed by atoms with Gasteiger partial charge >= 0.3 is 17.9 Å². The second-order valence-corrected chi connectivity index (χ2v) is 20.3. The highest BCUT2D eigenvalue weighted by Crippen LogP contribution is 2.37. The van der Waals surface area contributed by atoms with Gasteiger partial charge in [-0.25, -0.2) is 14.0 Å². The number of rotatable bonds is 28. The van der Waals surface area contributed by atoms with Crippen LogP contribution < -0.4 is 0 Å². The number of hydrogen-bond donors (Lipinski definition) is 4. The van der Waals surface area contributed by atoms with E-state index in [0.29, 0.717) is 23.5 Å². The predicted molar refractivity (Wildman–Crippen MR) is 273 cm³/mol. The van der Waals surface area contributed by atoms with Gasteiger partial charge in [0, 0.05) is 19.6 Å². The molecule has 0 spiro atoms. The SMILES string of the molecule is C.CCOC(=O)C(C)(C)CC(c1ccccc1)n1cc(CN(Cc2cn(C(CC(C)(C)C(=O)OCC(O)CO)c3ccccc3)nn2)Cc2cn(C(CC(C)(C)C(=O)OCC(O)CO)c3ccccc3)nn2)nn1. The van der Waals surface area contributed by atoms with Gasteiger partial charge in [0.15, 0.2) is 0 Å². The van der Waals surface area contributed by atoms with Gasteiger partial charge in [0.25, 0.3) is 0 Å². The fraction of sp³-hybridized carbons (Fsp3) is 0.500. The van der Waals surface area contributed by atoms with Crippen LogP contribution in [0.1, 0.15) is 127 Å². The van der Waals surface area contributed by atoms with Crippen molar-refractivity contribution in [1.82, 2.24) is 49.9 Å². The molecule has 0 aliphatic carbocycles. The molecule has 3 heterocycles. The first-order valence-electron chi connectivity index (χ1n) is 24.5. The Morgan fingerprint density at radius 3 is 1.07 bits per heavy atom. The van der Waals surface area contributed by atoms with Crippen LogP contribution in [0.4, 0.5) is 0 Å². The summed E-state index contributed by atoms with van der Waals surface area (Å²) in [6, 6.07) is 27.8. The fourth-order valence-electron chi connectivity index (χ4n) is 8.45. The number of aliphatic hydroxyl groups is 4. The number of benzene rings is 3. The lowest BCUT2D eigenvalue weighted by atomic mass is 9.83. The maximum Gasteiger partial charge on any atom is 0.311 e. The van der Waals surface area contributed by atoms with E-state index in [0.717, 1.165) is 16.7 Å². The Morgan fingerprint density at radius 2 is 0.797 bits per heavy atom. The lowest BCUT2D eigenvalue weighted by Crippen LogP contribution is -2.33. The summed E-state index contributed by atoms with van der Waals surface area (Å²) in [4.78, 5) is 42.0. The van der Waals surface area contributed by atoms with E-state index in [4.69, 9.17) is 14.2 Å². The van der Waals surface area contributed by atoms with E-state index in [1.807, 2.05) is 123 Å². The number of nitrogens with zero attached hydrogens (tertiary/aromatic N) is 10. The molecule has 6 rings (SSSR count). The smallest absolute Gasteiger partial charge is 0.311 e. The Labute approximate surface area is 433 Å². The molecule has 6 aromatic rings. The molecule has 400 valence electrons. The zero-order chi connectivity index (χ0) is 52.8.